The summed E-state index contributed by atoms with van der Waals surface area (Å²) >= 11 is 5.36. The molecule has 1 aromatic rings. The van der Waals surface area contributed by atoms with Gasteiger partial charge in [-0.15, -0.1) is 11.6 Å². The Morgan fingerprint density at radius 1 is 1.62 bits per heavy atom. The Hall–Kier alpha value is -1.10. The molecule has 0 unspecified atom stereocenters. The fourth-order valence-electron chi connectivity index (χ4n) is 0.990. The minimum absolute atomic E-state index is 0.0262. The Kier molecular flexibility index (Phi) is 2.87. The number of anilines is 1. The van der Waals surface area contributed by atoms with Crippen molar-refractivity contribution in [3.05, 3.63) is 27.5 Å². The standard InChI is InChI=1S/C7H7ClF2N2O/c8-2-3-6(7(9)10)4(13)1-5(11)12-3/h1,7H,2H2,(H3,11,12,13). The van der Waals surface area contributed by atoms with Crippen LogP contribution in [0.25, 0.3) is 0 Å². The number of rotatable bonds is 2. The van der Waals surface area contributed by atoms with E-state index in [1.165, 1.54) is 0 Å². The first-order valence-corrected chi connectivity index (χ1v) is 3.95. The molecular weight excluding hydrogens is 202 g/mol. The van der Waals surface area contributed by atoms with Gasteiger partial charge in [0, 0.05) is 11.8 Å². The first-order chi connectivity index (χ1) is 6.06. The van der Waals surface area contributed by atoms with Crippen LogP contribution in [0.2, 0.25) is 0 Å². The molecule has 13 heavy (non-hydrogen) atoms. The Morgan fingerprint density at radius 3 is 2.69 bits per heavy atom. The van der Waals surface area contributed by atoms with E-state index < -0.39 is 17.4 Å². The zero-order valence-corrected chi connectivity index (χ0v) is 7.24. The van der Waals surface area contributed by atoms with Crippen molar-refractivity contribution in [2.45, 2.75) is 12.3 Å². The van der Waals surface area contributed by atoms with Crippen LogP contribution in [0.4, 0.5) is 14.6 Å². The van der Waals surface area contributed by atoms with Gasteiger partial charge in [0.25, 0.3) is 6.43 Å². The lowest BCUT2D eigenvalue weighted by atomic mass is 10.2. The van der Waals surface area contributed by atoms with Gasteiger partial charge in [0.15, 0.2) is 5.43 Å². The van der Waals surface area contributed by atoms with Gasteiger partial charge >= 0.3 is 0 Å². The van der Waals surface area contributed by atoms with Gasteiger partial charge in [-0.25, -0.2) is 8.78 Å². The third-order valence-electron chi connectivity index (χ3n) is 1.52. The number of nitrogens with two attached hydrogens (primary N) is 1. The lowest BCUT2D eigenvalue weighted by molar-refractivity contribution is 0.149. The van der Waals surface area contributed by atoms with Crippen LogP contribution in [0.3, 0.4) is 0 Å². The van der Waals surface area contributed by atoms with Gasteiger partial charge in [0.1, 0.15) is 5.82 Å². The number of pyridine rings is 1. The largest absolute Gasteiger partial charge is 0.385 e. The monoisotopic (exact) mass is 208 g/mol. The van der Waals surface area contributed by atoms with Gasteiger partial charge in [-0.2, -0.15) is 0 Å². The van der Waals surface area contributed by atoms with Crippen molar-refractivity contribution in [2.75, 3.05) is 5.73 Å². The van der Waals surface area contributed by atoms with E-state index in [9.17, 15) is 13.6 Å². The van der Waals surface area contributed by atoms with Gasteiger partial charge in [0.2, 0.25) is 0 Å². The van der Waals surface area contributed by atoms with Crippen LogP contribution in [0.1, 0.15) is 17.7 Å². The second-order valence-electron chi connectivity index (χ2n) is 2.42. The van der Waals surface area contributed by atoms with Crippen molar-refractivity contribution in [1.82, 2.24) is 4.98 Å². The molecule has 0 aliphatic rings. The first-order valence-electron chi connectivity index (χ1n) is 3.42. The summed E-state index contributed by atoms with van der Waals surface area (Å²) in [5.41, 5.74) is 3.82. The smallest absolute Gasteiger partial charge is 0.269 e. The summed E-state index contributed by atoms with van der Waals surface area (Å²) in [6.45, 7) is 0. The average molecular weight is 209 g/mol. The molecule has 0 saturated heterocycles. The Labute approximate surface area is 77.5 Å². The van der Waals surface area contributed by atoms with Crippen molar-refractivity contribution >= 4 is 17.4 Å². The van der Waals surface area contributed by atoms with Gasteiger partial charge in [-0.05, 0) is 0 Å². The van der Waals surface area contributed by atoms with Crippen molar-refractivity contribution in [3.63, 3.8) is 0 Å². The minimum Gasteiger partial charge on any atom is -0.385 e. The third-order valence-corrected chi connectivity index (χ3v) is 1.79. The molecule has 72 valence electrons. The molecule has 0 bridgehead atoms. The number of nitrogens with one attached hydrogen (secondary N) is 1. The number of aromatic nitrogens is 1. The molecule has 0 saturated carbocycles. The lowest BCUT2D eigenvalue weighted by Crippen LogP contribution is -2.14. The van der Waals surface area contributed by atoms with Crippen molar-refractivity contribution in [3.8, 4) is 0 Å². The lowest BCUT2D eigenvalue weighted by Gasteiger charge is -2.05. The maximum absolute atomic E-state index is 12.3. The molecule has 0 aromatic carbocycles. The Balaban J connectivity index is 3.39. The normalized spacial score (nSPS) is 10.8. The van der Waals surface area contributed by atoms with Gasteiger partial charge in [-0.3, -0.25) is 4.79 Å². The molecule has 0 atom stereocenters. The fraction of sp³-hybridized carbons (Fsp3) is 0.286. The quantitative estimate of drug-likeness (QED) is 0.726. The molecule has 0 aliphatic heterocycles. The highest BCUT2D eigenvalue weighted by Crippen LogP contribution is 2.19. The summed E-state index contributed by atoms with van der Waals surface area (Å²) in [5.74, 6) is -0.162. The summed E-state index contributed by atoms with van der Waals surface area (Å²) in [4.78, 5) is 13.4. The molecule has 0 radical (unpaired) electrons. The summed E-state index contributed by atoms with van der Waals surface area (Å²) < 4.78 is 24.6. The van der Waals surface area contributed by atoms with Crippen LogP contribution >= 0.6 is 11.6 Å². The predicted molar refractivity (Wildman–Crippen MR) is 46.0 cm³/mol. The van der Waals surface area contributed by atoms with Crippen LogP contribution in [-0.4, -0.2) is 4.98 Å². The molecule has 0 fully saturated rings. The highest BCUT2D eigenvalue weighted by molar-refractivity contribution is 6.17. The maximum Gasteiger partial charge on any atom is 0.269 e. The zero-order valence-electron chi connectivity index (χ0n) is 6.48. The Bertz CT molecular complexity index is 364. The number of nitrogen functional groups attached to an aromatic ring is 1. The van der Waals surface area contributed by atoms with Gasteiger partial charge in [0.05, 0.1) is 11.4 Å². The fourth-order valence-corrected chi connectivity index (χ4v) is 1.20. The molecule has 6 heteroatoms. The van der Waals surface area contributed by atoms with E-state index in [0.717, 1.165) is 6.07 Å². The second kappa shape index (κ2) is 3.74. The highest BCUT2D eigenvalue weighted by Gasteiger charge is 2.17. The van der Waals surface area contributed by atoms with Crippen molar-refractivity contribution < 1.29 is 8.78 Å². The number of alkyl halides is 3. The summed E-state index contributed by atoms with van der Waals surface area (Å²) in [7, 11) is 0. The van der Waals surface area contributed by atoms with E-state index >= 15 is 0 Å². The number of hydrogen-bond donors (Lipinski definition) is 2. The van der Waals surface area contributed by atoms with E-state index in [0.29, 0.717) is 0 Å². The molecule has 1 heterocycles. The summed E-state index contributed by atoms with van der Waals surface area (Å²) in [6, 6.07) is 0.914. The van der Waals surface area contributed by atoms with Crippen LogP contribution in [0, 0.1) is 0 Å². The number of halogens is 3. The molecule has 0 aliphatic carbocycles. The van der Waals surface area contributed by atoms with E-state index in [-0.39, 0.29) is 17.4 Å². The molecule has 3 N–H and O–H groups in total. The topological polar surface area (TPSA) is 58.9 Å². The van der Waals surface area contributed by atoms with Crippen molar-refractivity contribution in [2.24, 2.45) is 0 Å². The number of hydrogen-bond acceptors (Lipinski definition) is 2. The number of aromatic amines is 1. The predicted octanol–water partition coefficient (Wildman–Crippen LogP) is 1.63. The SMILES string of the molecule is Nc1cc(=O)c(C(F)F)c(CCl)[nH]1. The summed E-state index contributed by atoms with van der Waals surface area (Å²) in [6.07, 6.45) is -2.84. The van der Waals surface area contributed by atoms with E-state index in [4.69, 9.17) is 17.3 Å². The van der Waals surface area contributed by atoms with E-state index in [1.807, 2.05) is 0 Å². The summed E-state index contributed by atoms with van der Waals surface area (Å²) in [5, 5.41) is 0. The first kappa shape index (κ1) is 9.98. The van der Waals surface area contributed by atoms with Crippen LogP contribution < -0.4 is 11.2 Å². The maximum atomic E-state index is 12.3. The molecule has 0 spiro atoms. The highest BCUT2D eigenvalue weighted by atomic mass is 35.5. The minimum atomic E-state index is -2.84. The molecule has 3 nitrogen and oxygen atoms in total. The van der Waals surface area contributed by atoms with Crippen LogP contribution in [0.5, 0.6) is 0 Å². The molecule has 0 amide bonds. The van der Waals surface area contributed by atoms with Gasteiger partial charge < -0.3 is 10.7 Å². The van der Waals surface area contributed by atoms with E-state index in [2.05, 4.69) is 4.98 Å². The zero-order chi connectivity index (χ0) is 10.0. The van der Waals surface area contributed by atoms with Crippen molar-refractivity contribution in [1.29, 1.82) is 0 Å². The van der Waals surface area contributed by atoms with Crippen LogP contribution in [-0.2, 0) is 5.88 Å². The van der Waals surface area contributed by atoms with E-state index in [1.54, 1.807) is 0 Å². The van der Waals surface area contributed by atoms with Gasteiger partial charge in [-0.1, -0.05) is 0 Å². The average Bonchev–Trinajstić information content (AvgIpc) is 2.01. The van der Waals surface area contributed by atoms with Crippen LogP contribution in [0.15, 0.2) is 10.9 Å². The second-order valence-corrected chi connectivity index (χ2v) is 2.68. The molecular formula is C7H7ClF2N2O. The Morgan fingerprint density at radius 2 is 2.23 bits per heavy atom. The molecule has 1 aromatic heterocycles. The number of H-pyrrole nitrogens is 1. The molecule has 1 rings (SSSR count). The third kappa shape index (κ3) is 1.98.